The van der Waals surface area contributed by atoms with Crippen molar-refractivity contribution in [3.05, 3.63) is 28.9 Å². The van der Waals surface area contributed by atoms with Crippen LogP contribution in [0.4, 0.5) is 0 Å². The number of imidazole rings is 1. The Morgan fingerprint density at radius 3 is 3.09 bits per heavy atom. The smallest absolute Gasteiger partial charge is 0.171 e. The molecule has 0 bridgehead atoms. The van der Waals surface area contributed by atoms with Crippen LogP contribution in [0.3, 0.4) is 0 Å². The Hall–Kier alpha value is -0.900. The van der Waals surface area contributed by atoms with Gasteiger partial charge in [-0.05, 0) is 28.9 Å². The predicted octanol–water partition coefficient (Wildman–Crippen LogP) is 1.80. The van der Waals surface area contributed by atoms with E-state index in [1.54, 1.807) is 6.20 Å². The van der Waals surface area contributed by atoms with Gasteiger partial charge in [0.1, 0.15) is 5.82 Å². The van der Waals surface area contributed by atoms with Crippen LogP contribution in [0.5, 0.6) is 0 Å². The lowest BCUT2D eigenvalue weighted by Crippen LogP contribution is -1.87. The molecule has 0 saturated carbocycles. The van der Waals surface area contributed by atoms with Gasteiger partial charge in [-0.2, -0.15) is 0 Å². The highest BCUT2D eigenvalue weighted by Crippen LogP contribution is 2.14. The van der Waals surface area contributed by atoms with E-state index in [-0.39, 0.29) is 0 Å². The van der Waals surface area contributed by atoms with E-state index < -0.39 is 0 Å². The second kappa shape index (κ2) is 2.30. The Morgan fingerprint density at radius 2 is 2.36 bits per heavy atom. The van der Waals surface area contributed by atoms with Crippen LogP contribution in [0.15, 0.2) is 23.1 Å². The number of rotatable bonds is 0. The van der Waals surface area contributed by atoms with E-state index in [1.807, 2.05) is 23.6 Å². The molecule has 0 aliphatic carbocycles. The topological polar surface area (TPSA) is 30.2 Å². The molecule has 0 aromatic carbocycles. The molecule has 0 radical (unpaired) electrons. The van der Waals surface area contributed by atoms with Crippen LogP contribution in [0.25, 0.3) is 5.65 Å². The number of fused-ring (bicyclic) bond motifs is 1. The normalized spacial score (nSPS) is 10.7. The number of nitrogens with zero attached hydrogens (tertiary/aromatic N) is 3. The van der Waals surface area contributed by atoms with Crippen LogP contribution in [0.1, 0.15) is 5.82 Å². The Kier molecular flexibility index (Phi) is 1.42. The maximum absolute atomic E-state index is 4.21. The van der Waals surface area contributed by atoms with Crippen molar-refractivity contribution in [2.75, 3.05) is 0 Å². The molecule has 2 rings (SSSR count). The number of hydrogen-bond donors (Lipinski definition) is 0. The van der Waals surface area contributed by atoms with E-state index in [0.717, 1.165) is 16.1 Å². The largest absolute Gasteiger partial charge is 0.287 e. The molecule has 2 aromatic heterocycles. The highest BCUT2D eigenvalue weighted by Gasteiger charge is 2.03. The van der Waals surface area contributed by atoms with E-state index in [0.29, 0.717) is 0 Å². The summed E-state index contributed by atoms with van der Waals surface area (Å²) in [6.45, 7) is 1.94. The molecule has 0 saturated heterocycles. The molecule has 11 heavy (non-hydrogen) atoms. The fraction of sp³-hybridized carbons (Fsp3) is 0.143. The highest BCUT2D eigenvalue weighted by molar-refractivity contribution is 9.10. The highest BCUT2D eigenvalue weighted by atomic mass is 79.9. The van der Waals surface area contributed by atoms with Gasteiger partial charge in [0.05, 0.1) is 0 Å². The molecule has 0 unspecified atom stereocenters. The molecule has 2 aromatic rings. The minimum absolute atomic E-state index is 0.801. The minimum atomic E-state index is 0.801. The quantitative estimate of drug-likeness (QED) is 0.666. The van der Waals surface area contributed by atoms with Gasteiger partial charge in [0.15, 0.2) is 10.3 Å². The summed E-state index contributed by atoms with van der Waals surface area (Å²) < 4.78 is 2.74. The molecule has 3 nitrogen and oxygen atoms in total. The van der Waals surface area contributed by atoms with E-state index in [4.69, 9.17) is 0 Å². The molecule has 4 heteroatoms. The van der Waals surface area contributed by atoms with Gasteiger partial charge in [0.2, 0.25) is 0 Å². The van der Waals surface area contributed by atoms with Crippen molar-refractivity contribution in [1.82, 2.24) is 14.4 Å². The molecular weight excluding hydrogens is 206 g/mol. The Bertz CT molecular complexity index is 357. The van der Waals surface area contributed by atoms with Gasteiger partial charge in [-0.25, -0.2) is 9.97 Å². The summed E-state index contributed by atoms with van der Waals surface area (Å²) in [6.07, 6.45) is 3.69. The average Bonchev–Trinajstić information content (AvgIpc) is 2.30. The molecule has 0 fully saturated rings. The SMILES string of the molecule is Cc1nc(Br)c2ncccn12. The lowest BCUT2D eigenvalue weighted by molar-refractivity contribution is 1.02. The third-order valence-corrected chi connectivity index (χ3v) is 2.07. The van der Waals surface area contributed by atoms with Crippen molar-refractivity contribution in [2.45, 2.75) is 6.92 Å². The van der Waals surface area contributed by atoms with Crippen molar-refractivity contribution in [1.29, 1.82) is 0 Å². The first-order valence-corrected chi connectivity index (χ1v) is 4.03. The molecule has 56 valence electrons. The van der Waals surface area contributed by atoms with Crippen LogP contribution in [-0.2, 0) is 0 Å². The van der Waals surface area contributed by atoms with Crippen molar-refractivity contribution in [2.24, 2.45) is 0 Å². The zero-order chi connectivity index (χ0) is 7.84. The molecule has 0 atom stereocenters. The number of halogens is 1. The monoisotopic (exact) mass is 211 g/mol. The van der Waals surface area contributed by atoms with E-state index in [9.17, 15) is 0 Å². The van der Waals surface area contributed by atoms with Gasteiger partial charge >= 0.3 is 0 Å². The third-order valence-electron chi connectivity index (χ3n) is 1.54. The standard InChI is InChI=1S/C7H6BrN3/c1-5-10-6(8)7-9-3-2-4-11(5)7/h2-4H,1H3. The van der Waals surface area contributed by atoms with Crippen molar-refractivity contribution in [3.63, 3.8) is 0 Å². The van der Waals surface area contributed by atoms with Crippen LogP contribution in [0, 0.1) is 6.92 Å². The molecule has 2 heterocycles. The fourth-order valence-corrected chi connectivity index (χ4v) is 1.58. The zero-order valence-corrected chi connectivity index (χ0v) is 7.54. The van der Waals surface area contributed by atoms with Gasteiger partial charge in [0, 0.05) is 12.4 Å². The summed E-state index contributed by atoms with van der Waals surface area (Å²) in [6, 6.07) is 1.88. The second-order valence-electron chi connectivity index (χ2n) is 2.26. The summed E-state index contributed by atoms with van der Waals surface area (Å²) in [7, 11) is 0. The predicted molar refractivity (Wildman–Crippen MR) is 45.4 cm³/mol. The summed E-state index contributed by atoms with van der Waals surface area (Å²) in [5.41, 5.74) is 0.866. The number of hydrogen-bond acceptors (Lipinski definition) is 2. The lowest BCUT2D eigenvalue weighted by atomic mass is 10.6. The maximum atomic E-state index is 4.21. The first-order valence-electron chi connectivity index (χ1n) is 3.24. The Labute approximate surface area is 72.2 Å². The summed E-state index contributed by atoms with van der Waals surface area (Å²) in [4.78, 5) is 8.36. The van der Waals surface area contributed by atoms with Crippen LogP contribution in [-0.4, -0.2) is 14.4 Å². The Balaban J connectivity index is 2.95. The van der Waals surface area contributed by atoms with Crippen LogP contribution < -0.4 is 0 Å². The van der Waals surface area contributed by atoms with Gasteiger partial charge in [-0.15, -0.1) is 0 Å². The molecule has 0 aliphatic rings. The van der Waals surface area contributed by atoms with E-state index in [2.05, 4.69) is 25.9 Å². The van der Waals surface area contributed by atoms with Gasteiger partial charge in [-0.1, -0.05) is 0 Å². The van der Waals surface area contributed by atoms with Crippen molar-refractivity contribution < 1.29 is 0 Å². The summed E-state index contributed by atoms with van der Waals surface area (Å²) >= 11 is 3.32. The average molecular weight is 212 g/mol. The summed E-state index contributed by atoms with van der Waals surface area (Å²) in [5, 5.41) is 0. The zero-order valence-electron chi connectivity index (χ0n) is 5.95. The van der Waals surface area contributed by atoms with Crippen molar-refractivity contribution >= 4 is 21.6 Å². The maximum Gasteiger partial charge on any atom is 0.171 e. The molecule has 0 spiro atoms. The van der Waals surface area contributed by atoms with Crippen molar-refractivity contribution in [3.8, 4) is 0 Å². The van der Waals surface area contributed by atoms with Gasteiger partial charge in [-0.3, -0.25) is 4.40 Å². The minimum Gasteiger partial charge on any atom is -0.287 e. The molecule has 0 N–H and O–H groups in total. The van der Waals surface area contributed by atoms with Gasteiger partial charge in [0.25, 0.3) is 0 Å². The first-order chi connectivity index (χ1) is 5.29. The second-order valence-corrected chi connectivity index (χ2v) is 3.01. The lowest BCUT2D eigenvalue weighted by Gasteiger charge is -1.91. The fourth-order valence-electron chi connectivity index (χ4n) is 1.03. The third kappa shape index (κ3) is 0.939. The van der Waals surface area contributed by atoms with Crippen LogP contribution >= 0.6 is 15.9 Å². The molecule has 0 aliphatic heterocycles. The van der Waals surface area contributed by atoms with E-state index >= 15 is 0 Å². The molecule has 0 amide bonds. The van der Waals surface area contributed by atoms with E-state index in [1.165, 1.54) is 0 Å². The summed E-state index contributed by atoms with van der Waals surface area (Å²) in [5.74, 6) is 0.944. The first kappa shape index (κ1) is 6.79. The number of aryl methyl sites for hydroxylation is 1. The Morgan fingerprint density at radius 1 is 1.55 bits per heavy atom. The number of aromatic nitrogens is 3. The molecular formula is C7H6BrN3. The van der Waals surface area contributed by atoms with Crippen LogP contribution in [0.2, 0.25) is 0 Å². The van der Waals surface area contributed by atoms with Gasteiger partial charge < -0.3 is 0 Å².